The minimum Gasteiger partial charge on any atom is -0.444 e. The van der Waals surface area contributed by atoms with Crippen LogP contribution in [0.4, 0.5) is 19.3 Å². The molecule has 0 aromatic carbocycles. The van der Waals surface area contributed by atoms with E-state index in [0.717, 1.165) is 23.2 Å². The first-order valence-corrected chi connectivity index (χ1v) is 10.8. The van der Waals surface area contributed by atoms with Crippen LogP contribution in [0.2, 0.25) is 0 Å². The number of pyridine rings is 1. The van der Waals surface area contributed by atoms with Crippen molar-refractivity contribution in [3.05, 3.63) is 36.2 Å². The average molecular weight is 430 g/mol. The van der Waals surface area contributed by atoms with Crippen molar-refractivity contribution in [3.8, 4) is 0 Å². The first kappa shape index (κ1) is 20.3. The second kappa shape index (κ2) is 6.68. The molecule has 0 atom stereocenters. The summed E-state index contributed by atoms with van der Waals surface area (Å²) < 4.78 is 33.8. The van der Waals surface area contributed by atoms with Crippen molar-refractivity contribution in [2.24, 2.45) is 5.41 Å². The molecule has 2 aromatic heterocycles. The summed E-state index contributed by atoms with van der Waals surface area (Å²) in [4.78, 5) is 16.1. The molecule has 0 bridgehead atoms. The highest BCUT2D eigenvalue weighted by Gasteiger charge is 2.61. The van der Waals surface area contributed by atoms with Crippen LogP contribution in [0.5, 0.6) is 0 Å². The third-order valence-electron chi connectivity index (χ3n) is 6.39. The number of alkyl halides is 2. The monoisotopic (exact) mass is 430 g/mol. The Bertz CT molecular complexity index is 1050. The van der Waals surface area contributed by atoms with Crippen molar-refractivity contribution in [2.75, 3.05) is 31.1 Å². The number of rotatable bonds is 2. The molecule has 2 aliphatic heterocycles. The van der Waals surface area contributed by atoms with Crippen molar-refractivity contribution >= 4 is 22.9 Å². The Kier molecular flexibility index (Phi) is 4.37. The number of carbonyl (C=O) groups is 1. The maximum absolute atomic E-state index is 13.2. The summed E-state index contributed by atoms with van der Waals surface area (Å²) in [7, 11) is 0. The first-order chi connectivity index (χ1) is 14.5. The van der Waals surface area contributed by atoms with Gasteiger partial charge >= 0.3 is 6.09 Å². The van der Waals surface area contributed by atoms with Crippen molar-refractivity contribution in [1.82, 2.24) is 14.5 Å². The molecule has 0 unspecified atom stereocenters. The highest BCUT2D eigenvalue weighted by atomic mass is 19.3. The molecular weight excluding hydrogens is 402 g/mol. The van der Waals surface area contributed by atoms with Gasteiger partial charge in [0.1, 0.15) is 5.60 Å². The molecule has 1 saturated heterocycles. The standard InChI is InChI=1S/C23H28F2N4O2/c1-21(2,3)31-20(30)27-8-6-16(7-9-27)18-10-26-29-11-17(4-5-19(18)29)28-14-22(15-28)12-23(24,25)13-22/h4-6,10-11H,7-9,12-15H2,1-3H3. The zero-order chi connectivity index (χ0) is 22.0. The molecule has 1 saturated carbocycles. The van der Waals surface area contributed by atoms with E-state index in [1.165, 1.54) is 5.57 Å². The molecule has 1 spiro atoms. The van der Waals surface area contributed by atoms with Gasteiger partial charge in [0.05, 0.1) is 23.6 Å². The van der Waals surface area contributed by atoms with Crippen LogP contribution in [0.1, 0.15) is 45.6 Å². The van der Waals surface area contributed by atoms with E-state index in [-0.39, 0.29) is 24.3 Å². The number of amides is 1. The molecule has 4 heterocycles. The summed E-state index contributed by atoms with van der Waals surface area (Å²) in [6.45, 7) is 8.10. The van der Waals surface area contributed by atoms with Gasteiger partial charge < -0.3 is 14.5 Å². The van der Waals surface area contributed by atoms with Crippen molar-refractivity contribution < 1.29 is 18.3 Å². The third-order valence-corrected chi connectivity index (χ3v) is 6.39. The van der Waals surface area contributed by atoms with Gasteiger partial charge in [0.2, 0.25) is 5.92 Å². The fourth-order valence-electron chi connectivity index (χ4n) is 5.03. The van der Waals surface area contributed by atoms with Crippen molar-refractivity contribution in [2.45, 2.75) is 51.6 Å². The fourth-order valence-corrected chi connectivity index (χ4v) is 5.03. The zero-order valence-corrected chi connectivity index (χ0v) is 18.2. The Labute approximate surface area is 180 Å². The van der Waals surface area contributed by atoms with Gasteiger partial charge in [0.15, 0.2) is 0 Å². The van der Waals surface area contributed by atoms with E-state index < -0.39 is 11.5 Å². The predicted molar refractivity (Wildman–Crippen MR) is 114 cm³/mol. The number of nitrogens with zero attached hydrogens (tertiary/aromatic N) is 4. The van der Waals surface area contributed by atoms with Crippen LogP contribution in [0.15, 0.2) is 30.6 Å². The Morgan fingerprint density at radius 2 is 1.94 bits per heavy atom. The SMILES string of the molecule is CC(C)(C)OC(=O)N1CC=C(c2cnn3cc(N4CC5(C4)CC(F)(F)C5)ccc23)CC1. The quantitative estimate of drug-likeness (QED) is 0.699. The molecule has 2 aromatic rings. The van der Waals surface area contributed by atoms with Crippen LogP contribution in [0, 0.1) is 5.41 Å². The van der Waals surface area contributed by atoms with E-state index in [0.29, 0.717) is 26.2 Å². The van der Waals surface area contributed by atoms with Crippen LogP contribution in [0.25, 0.3) is 11.1 Å². The second-order valence-corrected chi connectivity index (χ2v) is 10.2. The maximum Gasteiger partial charge on any atom is 0.410 e. The van der Waals surface area contributed by atoms with E-state index in [1.54, 1.807) is 4.90 Å². The minimum atomic E-state index is -2.47. The number of halogens is 2. The van der Waals surface area contributed by atoms with Gasteiger partial charge in [-0.25, -0.2) is 18.1 Å². The van der Waals surface area contributed by atoms with E-state index in [4.69, 9.17) is 4.74 Å². The minimum absolute atomic E-state index is 0.0130. The van der Waals surface area contributed by atoms with Crippen LogP contribution in [0.3, 0.4) is 0 Å². The molecule has 1 aliphatic carbocycles. The van der Waals surface area contributed by atoms with Crippen LogP contribution in [-0.4, -0.2) is 58.3 Å². The molecule has 5 rings (SSSR count). The molecule has 0 N–H and O–H groups in total. The highest BCUT2D eigenvalue weighted by Crippen LogP contribution is 2.57. The number of carbonyl (C=O) groups excluding carboxylic acids is 1. The summed E-state index contributed by atoms with van der Waals surface area (Å²) in [6.07, 6.45) is 6.37. The second-order valence-electron chi connectivity index (χ2n) is 10.2. The lowest BCUT2D eigenvalue weighted by atomic mass is 9.61. The summed E-state index contributed by atoms with van der Waals surface area (Å²) in [5, 5.41) is 4.52. The van der Waals surface area contributed by atoms with Crippen molar-refractivity contribution in [3.63, 3.8) is 0 Å². The summed E-state index contributed by atoms with van der Waals surface area (Å²) in [6, 6.07) is 4.08. The Hall–Kier alpha value is -2.64. The van der Waals surface area contributed by atoms with E-state index in [1.807, 2.05) is 49.8 Å². The maximum atomic E-state index is 13.2. The third kappa shape index (κ3) is 3.77. The number of hydrogen-bond acceptors (Lipinski definition) is 4. The Balaban J connectivity index is 1.26. The van der Waals surface area contributed by atoms with Gasteiger partial charge in [-0.15, -0.1) is 0 Å². The number of ether oxygens (including phenoxy) is 1. The van der Waals surface area contributed by atoms with Gasteiger partial charge in [-0.05, 0) is 44.9 Å². The van der Waals surface area contributed by atoms with E-state index in [2.05, 4.69) is 16.1 Å². The molecule has 6 nitrogen and oxygen atoms in total. The van der Waals surface area contributed by atoms with Crippen LogP contribution in [-0.2, 0) is 4.74 Å². The zero-order valence-electron chi connectivity index (χ0n) is 18.2. The molecule has 0 radical (unpaired) electrons. The molecule has 166 valence electrons. The lowest BCUT2D eigenvalue weighted by Gasteiger charge is -2.59. The Morgan fingerprint density at radius 1 is 1.19 bits per heavy atom. The lowest BCUT2D eigenvalue weighted by Crippen LogP contribution is -2.66. The van der Waals surface area contributed by atoms with Crippen LogP contribution < -0.4 is 4.90 Å². The van der Waals surface area contributed by atoms with E-state index >= 15 is 0 Å². The van der Waals surface area contributed by atoms with Gasteiger partial charge in [-0.2, -0.15) is 5.10 Å². The van der Waals surface area contributed by atoms with Gasteiger partial charge in [0.25, 0.3) is 0 Å². The molecule has 2 fully saturated rings. The first-order valence-electron chi connectivity index (χ1n) is 10.8. The normalized spacial score (nSPS) is 22.2. The smallest absolute Gasteiger partial charge is 0.410 e. The molecule has 31 heavy (non-hydrogen) atoms. The number of fused-ring (bicyclic) bond motifs is 1. The van der Waals surface area contributed by atoms with Gasteiger partial charge in [-0.3, -0.25) is 0 Å². The summed E-state index contributed by atoms with van der Waals surface area (Å²) in [5.41, 5.74) is 3.55. The van der Waals surface area contributed by atoms with E-state index in [9.17, 15) is 13.6 Å². The number of hydrogen-bond donors (Lipinski definition) is 0. The van der Waals surface area contributed by atoms with Crippen LogP contribution >= 0.6 is 0 Å². The largest absolute Gasteiger partial charge is 0.444 e. The van der Waals surface area contributed by atoms with Gasteiger partial charge in [-0.1, -0.05) is 6.08 Å². The highest BCUT2D eigenvalue weighted by molar-refractivity contribution is 5.80. The summed E-state index contributed by atoms with van der Waals surface area (Å²) in [5.74, 6) is -2.47. The fraction of sp³-hybridized carbons (Fsp3) is 0.565. The summed E-state index contributed by atoms with van der Waals surface area (Å²) >= 11 is 0. The van der Waals surface area contributed by atoms with Crippen molar-refractivity contribution in [1.29, 1.82) is 0 Å². The predicted octanol–water partition coefficient (Wildman–Crippen LogP) is 4.59. The lowest BCUT2D eigenvalue weighted by molar-refractivity contribution is -0.170. The van der Waals surface area contributed by atoms with Gasteiger partial charge in [0, 0.05) is 50.0 Å². The average Bonchev–Trinajstić information content (AvgIpc) is 3.05. The Morgan fingerprint density at radius 3 is 2.55 bits per heavy atom. The molecule has 3 aliphatic rings. The topological polar surface area (TPSA) is 50.1 Å². The number of anilines is 1. The number of aromatic nitrogens is 2. The molecule has 8 heteroatoms. The molecule has 1 amide bonds. The molecular formula is C23H28F2N4O2.